The second kappa shape index (κ2) is 5.74. The van der Waals surface area contributed by atoms with Gasteiger partial charge in [0.2, 0.25) is 0 Å². The maximum Gasteiger partial charge on any atom is 0.319 e. The number of carbonyl (C=O) groups excluding carboxylic acids is 1. The van der Waals surface area contributed by atoms with Crippen LogP contribution in [0.4, 0.5) is 10.5 Å². The van der Waals surface area contributed by atoms with Crippen LogP contribution in [0.15, 0.2) is 29.4 Å². The van der Waals surface area contributed by atoms with Crippen LogP contribution in [-0.2, 0) is 0 Å². The third-order valence-corrected chi connectivity index (χ3v) is 2.18. The maximum atomic E-state index is 11.5. The fraction of sp³-hybridized carbons (Fsp3) is 0.273. The fourth-order valence-corrected chi connectivity index (χ4v) is 1.25. The highest BCUT2D eigenvalue weighted by molar-refractivity contribution is 5.94. The highest BCUT2D eigenvalue weighted by atomic mass is 16.4. The van der Waals surface area contributed by atoms with Crippen molar-refractivity contribution in [2.24, 2.45) is 10.9 Å². The van der Waals surface area contributed by atoms with Crippen molar-refractivity contribution in [2.45, 2.75) is 19.9 Å². The number of nitrogens with zero attached hydrogens (tertiary/aromatic N) is 1. The molecule has 5 N–H and O–H groups in total. The van der Waals surface area contributed by atoms with Gasteiger partial charge in [-0.1, -0.05) is 17.3 Å². The van der Waals surface area contributed by atoms with E-state index in [-0.39, 0.29) is 5.84 Å². The Morgan fingerprint density at radius 2 is 2.24 bits per heavy atom. The molecular weight excluding hydrogens is 220 g/mol. The van der Waals surface area contributed by atoms with Crippen molar-refractivity contribution in [3.8, 4) is 0 Å². The molecule has 2 amide bonds. The Morgan fingerprint density at radius 1 is 1.53 bits per heavy atom. The van der Waals surface area contributed by atoms with Gasteiger partial charge in [-0.05, 0) is 31.5 Å². The largest absolute Gasteiger partial charge is 0.409 e. The molecule has 1 aromatic rings. The van der Waals surface area contributed by atoms with Gasteiger partial charge in [-0.15, -0.1) is 0 Å². The van der Waals surface area contributed by atoms with E-state index in [1.807, 2.05) is 25.1 Å². The number of nitrogens with one attached hydrogen (secondary N) is 2. The van der Waals surface area contributed by atoms with Gasteiger partial charge in [0.25, 0.3) is 0 Å². The number of amides is 2. The molecule has 0 saturated heterocycles. The van der Waals surface area contributed by atoms with Gasteiger partial charge in [-0.25, -0.2) is 4.79 Å². The van der Waals surface area contributed by atoms with Gasteiger partial charge in [0.15, 0.2) is 5.84 Å². The van der Waals surface area contributed by atoms with Crippen molar-refractivity contribution in [1.29, 1.82) is 0 Å². The summed E-state index contributed by atoms with van der Waals surface area (Å²) in [6.07, 6.45) is 0. The SMILES string of the molecule is Cc1cccc(NC(=O)NC(C)/C(N)=N/O)c1. The number of benzene rings is 1. The van der Waals surface area contributed by atoms with E-state index in [0.717, 1.165) is 5.56 Å². The van der Waals surface area contributed by atoms with E-state index < -0.39 is 12.1 Å². The molecule has 17 heavy (non-hydrogen) atoms. The number of amidine groups is 1. The highest BCUT2D eigenvalue weighted by Crippen LogP contribution is 2.08. The standard InChI is InChI=1S/C11H16N4O2/c1-7-4-3-5-9(6-7)14-11(16)13-8(2)10(12)15-17/h3-6,8,17H,1-2H3,(H2,12,15)(H2,13,14,16). The van der Waals surface area contributed by atoms with E-state index in [9.17, 15) is 4.79 Å². The summed E-state index contributed by atoms with van der Waals surface area (Å²) < 4.78 is 0. The van der Waals surface area contributed by atoms with Crippen LogP contribution < -0.4 is 16.4 Å². The summed E-state index contributed by atoms with van der Waals surface area (Å²) in [5, 5.41) is 16.4. The summed E-state index contributed by atoms with van der Waals surface area (Å²) in [5.74, 6) is -0.0515. The molecule has 1 atom stereocenters. The molecule has 0 spiro atoms. The van der Waals surface area contributed by atoms with Gasteiger partial charge in [-0.2, -0.15) is 0 Å². The monoisotopic (exact) mass is 236 g/mol. The average molecular weight is 236 g/mol. The van der Waals surface area contributed by atoms with Gasteiger partial charge in [0, 0.05) is 5.69 Å². The minimum atomic E-state index is -0.537. The average Bonchev–Trinajstić information content (AvgIpc) is 2.27. The molecule has 0 aliphatic carbocycles. The Balaban J connectivity index is 2.56. The van der Waals surface area contributed by atoms with Gasteiger partial charge in [-0.3, -0.25) is 0 Å². The molecule has 92 valence electrons. The molecule has 0 saturated carbocycles. The second-order valence-electron chi connectivity index (χ2n) is 3.71. The van der Waals surface area contributed by atoms with Gasteiger partial charge < -0.3 is 21.6 Å². The lowest BCUT2D eigenvalue weighted by Gasteiger charge is -2.13. The molecule has 0 bridgehead atoms. The van der Waals surface area contributed by atoms with E-state index in [2.05, 4.69) is 15.8 Å². The summed E-state index contributed by atoms with van der Waals surface area (Å²) in [5.41, 5.74) is 7.08. The molecule has 6 nitrogen and oxygen atoms in total. The number of carbonyl (C=O) groups is 1. The van der Waals surface area contributed by atoms with Crippen LogP contribution in [0.3, 0.4) is 0 Å². The first kappa shape index (κ1) is 12.8. The third kappa shape index (κ3) is 4.02. The van der Waals surface area contributed by atoms with Gasteiger partial charge in [0.05, 0.1) is 6.04 Å². The lowest BCUT2D eigenvalue weighted by molar-refractivity contribution is 0.251. The number of hydrogen-bond donors (Lipinski definition) is 4. The Labute approximate surface area is 99.5 Å². The minimum absolute atomic E-state index is 0.0515. The Kier molecular flexibility index (Phi) is 4.33. The van der Waals surface area contributed by atoms with Crippen LogP contribution in [0, 0.1) is 6.92 Å². The molecule has 0 aromatic heterocycles. The van der Waals surface area contributed by atoms with E-state index in [1.165, 1.54) is 0 Å². The van der Waals surface area contributed by atoms with Crippen LogP contribution in [0.1, 0.15) is 12.5 Å². The van der Waals surface area contributed by atoms with E-state index in [0.29, 0.717) is 5.69 Å². The summed E-state index contributed by atoms with van der Waals surface area (Å²) in [6, 6.07) is 6.45. The summed E-state index contributed by atoms with van der Waals surface area (Å²) in [4.78, 5) is 11.5. The fourth-order valence-electron chi connectivity index (χ4n) is 1.25. The number of aryl methyl sites for hydroxylation is 1. The first-order chi connectivity index (χ1) is 8.02. The van der Waals surface area contributed by atoms with Crippen molar-refractivity contribution in [2.75, 3.05) is 5.32 Å². The molecule has 0 aliphatic rings. The van der Waals surface area contributed by atoms with Crippen LogP contribution in [0.2, 0.25) is 0 Å². The van der Waals surface area contributed by atoms with Crippen LogP contribution in [0.5, 0.6) is 0 Å². The van der Waals surface area contributed by atoms with Crippen molar-refractivity contribution in [3.05, 3.63) is 29.8 Å². The highest BCUT2D eigenvalue weighted by Gasteiger charge is 2.10. The number of anilines is 1. The van der Waals surface area contributed by atoms with Gasteiger partial charge >= 0.3 is 6.03 Å². The second-order valence-corrected chi connectivity index (χ2v) is 3.71. The molecule has 1 unspecified atom stereocenters. The smallest absolute Gasteiger partial charge is 0.319 e. The number of rotatable bonds is 3. The van der Waals surface area contributed by atoms with Crippen LogP contribution >= 0.6 is 0 Å². The van der Waals surface area contributed by atoms with Gasteiger partial charge in [0.1, 0.15) is 0 Å². The molecule has 0 heterocycles. The Bertz CT molecular complexity index is 431. The van der Waals surface area contributed by atoms with Crippen LogP contribution in [-0.4, -0.2) is 23.1 Å². The number of hydrogen-bond acceptors (Lipinski definition) is 3. The molecule has 0 aliphatic heterocycles. The molecule has 0 fully saturated rings. The van der Waals surface area contributed by atoms with Crippen LogP contribution in [0.25, 0.3) is 0 Å². The Morgan fingerprint density at radius 3 is 2.82 bits per heavy atom. The summed E-state index contributed by atoms with van der Waals surface area (Å²) >= 11 is 0. The van der Waals surface area contributed by atoms with Crippen molar-refractivity contribution >= 4 is 17.6 Å². The third-order valence-electron chi connectivity index (χ3n) is 2.18. The molecule has 0 radical (unpaired) electrons. The normalized spacial score (nSPS) is 12.9. The lowest BCUT2D eigenvalue weighted by Crippen LogP contribution is -2.44. The zero-order valence-corrected chi connectivity index (χ0v) is 9.77. The molecular formula is C11H16N4O2. The predicted octanol–water partition coefficient (Wildman–Crippen LogP) is 1.25. The molecule has 1 rings (SSSR count). The van der Waals surface area contributed by atoms with Crippen molar-refractivity contribution in [1.82, 2.24) is 5.32 Å². The predicted molar refractivity (Wildman–Crippen MR) is 66.2 cm³/mol. The van der Waals surface area contributed by atoms with E-state index >= 15 is 0 Å². The zero-order chi connectivity index (χ0) is 12.8. The molecule has 6 heteroatoms. The zero-order valence-electron chi connectivity index (χ0n) is 9.77. The number of oxime groups is 1. The van der Waals surface area contributed by atoms with Crippen molar-refractivity contribution < 1.29 is 10.0 Å². The first-order valence-electron chi connectivity index (χ1n) is 5.14. The topological polar surface area (TPSA) is 99.7 Å². The quantitative estimate of drug-likeness (QED) is 0.275. The van der Waals surface area contributed by atoms with Crippen molar-refractivity contribution in [3.63, 3.8) is 0 Å². The number of urea groups is 1. The molecule has 1 aromatic carbocycles. The number of nitrogens with two attached hydrogens (primary N) is 1. The van der Waals surface area contributed by atoms with E-state index in [1.54, 1.807) is 13.0 Å². The summed E-state index contributed by atoms with van der Waals surface area (Å²) in [7, 11) is 0. The minimum Gasteiger partial charge on any atom is -0.409 e. The first-order valence-corrected chi connectivity index (χ1v) is 5.14. The lowest BCUT2D eigenvalue weighted by atomic mass is 10.2. The Hall–Kier alpha value is -2.24. The summed E-state index contributed by atoms with van der Waals surface area (Å²) in [6.45, 7) is 3.55. The van der Waals surface area contributed by atoms with E-state index in [4.69, 9.17) is 10.9 Å². The maximum absolute atomic E-state index is 11.5.